The SMILES string of the molecule is CCN(C(C)(C)C)[Si](C)(OC)OC. The van der Waals surface area contributed by atoms with E-state index in [1.54, 1.807) is 14.2 Å². The molecule has 0 atom stereocenters. The largest absolute Gasteiger partial charge is 0.424 e. The molecule has 0 rings (SSSR count). The fourth-order valence-electron chi connectivity index (χ4n) is 1.67. The summed E-state index contributed by atoms with van der Waals surface area (Å²) in [6.45, 7) is 11.7. The molecule has 0 N–H and O–H groups in total. The number of hydrogen-bond acceptors (Lipinski definition) is 3. The second kappa shape index (κ2) is 4.55. The second-order valence-corrected chi connectivity index (χ2v) is 7.37. The molecule has 80 valence electrons. The third-order valence-corrected chi connectivity index (χ3v) is 5.86. The van der Waals surface area contributed by atoms with Gasteiger partial charge in [-0.3, -0.25) is 4.57 Å². The van der Waals surface area contributed by atoms with Crippen molar-refractivity contribution in [1.82, 2.24) is 4.57 Å². The topological polar surface area (TPSA) is 21.7 Å². The summed E-state index contributed by atoms with van der Waals surface area (Å²) in [5.74, 6) is 0. The van der Waals surface area contributed by atoms with Crippen LogP contribution in [0.4, 0.5) is 0 Å². The highest BCUT2D eigenvalue weighted by Gasteiger charge is 2.42. The quantitative estimate of drug-likeness (QED) is 0.655. The van der Waals surface area contributed by atoms with E-state index in [4.69, 9.17) is 8.85 Å². The third kappa shape index (κ3) is 3.05. The van der Waals surface area contributed by atoms with Crippen molar-refractivity contribution < 1.29 is 8.85 Å². The Morgan fingerprint density at radius 2 is 1.54 bits per heavy atom. The maximum atomic E-state index is 5.51. The molecule has 3 nitrogen and oxygen atoms in total. The average Bonchev–Trinajstić information content (AvgIpc) is 2.02. The van der Waals surface area contributed by atoms with Crippen molar-refractivity contribution in [2.75, 3.05) is 20.8 Å². The van der Waals surface area contributed by atoms with Crippen LogP contribution in [0, 0.1) is 0 Å². The van der Waals surface area contributed by atoms with E-state index in [1.807, 2.05) is 0 Å². The zero-order chi connectivity index (χ0) is 10.7. The van der Waals surface area contributed by atoms with Crippen LogP contribution in [0.15, 0.2) is 0 Å². The Morgan fingerprint density at radius 1 is 1.15 bits per heavy atom. The fourth-order valence-corrected chi connectivity index (χ4v) is 4.07. The van der Waals surface area contributed by atoms with E-state index < -0.39 is 8.72 Å². The minimum absolute atomic E-state index is 0.0990. The molecule has 4 heteroatoms. The van der Waals surface area contributed by atoms with Crippen LogP contribution in [0.2, 0.25) is 6.55 Å². The van der Waals surface area contributed by atoms with E-state index in [1.165, 1.54) is 0 Å². The normalized spacial score (nSPS) is 13.8. The van der Waals surface area contributed by atoms with Crippen molar-refractivity contribution in [3.63, 3.8) is 0 Å². The zero-order valence-corrected chi connectivity index (χ0v) is 11.0. The highest BCUT2D eigenvalue weighted by atomic mass is 28.4. The van der Waals surface area contributed by atoms with Gasteiger partial charge in [0, 0.05) is 19.8 Å². The van der Waals surface area contributed by atoms with Crippen LogP contribution >= 0.6 is 0 Å². The Balaban J connectivity index is 4.74. The van der Waals surface area contributed by atoms with Crippen molar-refractivity contribution in [1.29, 1.82) is 0 Å². The van der Waals surface area contributed by atoms with E-state index in [0.29, 0.717) is 0 Å². The molecular weight excluding hydrogens is 182 g/mol. The van der Waals surface area contributed by atoms with Crippen LogP contribution < -0.4 is 0 Å². The molecule has 0 aromatic rings. The summed E-state index contributed by atoms with van der Waals surface area (Å²) < 4.78 is 13.3. The predicted molar refractivity (Wildman–Crippen MR) is 57.8 cm³/mol. The Morgan fingerprint density at radius 3 is 1.62 bits per heavy atom. The van der Waals surface area contributed by atoms with Crippen LogP contribution in [-0.2, 0) is 8.85 Å². The Hall–Kier alpha value is 0.0969. The van der Waals surface area contributed by atoms with Crippen molar-refractivity contribution in [3.05, 3.63) is 0 Å². The number of nitrogens with zero attached hydrogens (tertiary/aromatic N) is 1. The summed E-state index contributed by atoms with van der Waals surface area (Å²) in [5.41, 5.74) is 0.0990. The lowest BCUT2D eigenvalue weighted by Gasteiger charge is -2.43. The zero-order valence-electron chi connectivity index (χ0n) is 9.97. The van der Waals surface area contributed by atoms with E-state index in [-0.39, 0.29) is 5.54 Å². The summed E-state index contributed by atoms with van der Waals surface area (Å²) in [6, 6.07) is 0. The van der Waals surface area contributed by atoms with Gasteiger partial charge >= 0.3 is 8.72 Å². The van der Waals surface area contributed by atoms with Gasteiger partial charge in [0.2, 0.25) is 0 Å². The summed E-state index contributed by atoms with van der Waals surface area (Å²) >= 11 is 0. The summed E-state index contributed by atoms with van der Waals surface area (Å²) in [5, 5.41) is 0. The molecule has 13 heavy (non-hydrogen) atoms. The molecule has 0 aliphatic rings. The summed E-state index contributed by atoms with van der Waals surface area (Å²) in [7, 11) is 1.32. The Kier molecular flexibility index (Phi) is 4.58. The fraction of sp³-hybridized carbons (Fsp3) is 1.00. The molecule has 0 fully saturated rings. The smallest absolute Gasteiger partial charge is 0.386 e. The molecule has 0 heterocycles. The molecule has 0 amide bonds. The molecule has 0 bridgehead atoms. The van der Waals surface area contributed by atoms with Crippen molar-refractivity contribution in [3.8, 4) is 0 Å². The first-order valence-electron chi connectivity index (χ1n) is 4.70. The molecular formula is C9H23NO2Si. The van der Waals surface area contributed by atoms with Crippen LogP contribution in [0.1, 0.15) is 27.7 Å². The standard InChI is InChI=1S/C9H23NO2Si/c1-8-10(9(2,3)4)13(7,11-5)12-6/h8H2,1-7H3. The third-order valence-electron chi connectivity index (χ3n) is 2.37. The maximum Gasteiger partial charge on any atom is 0.424 e. The van der Waals surface area contributed by atoms with E-state index in [2.05, 4.69) is 38.8 Å². The summed E-state index contributed by atoms with van der Waals surface area (Å²) in [6.07, 6.45) is 0. The van der Waals surface area contributed by atoms with Gasteiger partial charge in [0.25, 0.3) is 0 Å². The van der Waals surface area contributed by atoms with Crippen LogP contribution in [0.5, 0.6) is 0 Å². The van der Waals surface area contributed by atoms with Crippen LogP contribution in [0.3, 0.4) is 0 Å². The molecule has 0 radical (unpaired) electrons. The second-order valence-electron chi connectivity index (χ2n) is 4.22. The molecule has 0 aromatic heterocycles. The van der Waals surface area contributed by atoms with Gasteiger partial charge in [-0.1, -0.05) is 6.92 Å². The molecule has 0 aliphatic carbocycles. The van der Waals surface area contributed by atoms with E-state index >= 15 is 0 Å². The summed E-state index contributed by atoms with van der Waals surface area (Å²) in [4.78, 5) is 0. The van der Waals surface area contributed by atoms with Crippen molar-refractivity contribution >= 4 is 8.72 Å². The highest BCUT2D eigenvalue weighted by Crippen LogP contribution is 2.22. The van der Waals surface area contributed by atoms with Gasteiger partial charge in [0.05, 0.1) is 0 Å². The first-order valence-corrected chi connectivity index (χ1v) is 6.96. The van der Waals surface area contributed by atoms with Gasteiger partial charge in [-0.2, -0.15) is 0 Å². The monoisotopic (exact) mass is 205 g/mol. The van der Waals surface area contributed by atoms with Crippen molar-refractivity contribution in [2.24, 2.45) is 0 Å². The average molecular weight is 205 g/mol. The van der Waals surface area contributed by atoms with Gasteiger partial charge in [-0.15, -0.1) is 0 Å². The minimum atomic E-state index is -2.13. The lowest BCUT2D eigenvalue weighted by molar-refractivity contribution is 0.117. The van der Waals surface area contributed by atoms with Gasteiger partial charge in [-0.25, -0.2) is 0 Å². The highest BCUT2D eigenvalue weighted by molar-refractivity contribution is 6.63. The van der Waals surface area contributed by atoms with Crippen LogP contribution in [-0.4, -0.2) is 39.6 Å². The Labute approximate surface area is 83.4 Å². The predicted octanol–water partition coefficient (Wildman–Crippen LogP) is 1.97. The lowest BCUT2D eigenvalue weighted by atomic mass is 10.1. The number of hydrogen-bond donors (Lipinski definition) is 0. The van der Waals surface area contributed by atoms with Gasteiger partial charge in [0.1, 0.15) is 0 Å². The van der Waals surface area contributed by atoms with E-state index in [9.17, 15) is 0 Å². The van der Waals surface area contributed by atoms with Gasteiger partial charge in [-0.05, 0) is 33.9 Å². The number of rotatable bonds is 4. The van der Waals surface area contributed by atoms with Gasteiger partial charge < -0.3 is 8.85 Å². The van der Waals surface area contributed by atoms with E-state index in [0.717, 1.165) is 6.54 Å². The van der Waals surface area contributed by atoms with Crippen molar-refractivity contribution in [2.45, 2.75) is 39.8 Å². The Bertz CT molecular complexity index is 152. The maximum absolute atomic E-state index is 5.51. The van der Waals surface area contributed by atoms with Gasteiger partial charge in [0.15, 0.2) is 0 Å². The first kappa shape index (κ1) is 13.1. The van der Waals surface area contributed by atoms with Crippen LogP contribution in [0.25, 0.3) is 0 Å². The minimum Gasteiger partial charge on any atom is -0.386 e. The lowest BCUT2D eigenvalue weighted by Crippen LogP contribution is -2.62. The first-order chi connectivity index (χ1) is 5.81. The molecule has 0 spiro atoms. The molecule has 0 aliphatic heterocycles. The molecule has 0 saturated carbocycles. The molecule has 0 saturated heterocycles. The molecule has 0 aromatic carbocycles. The molecule has 0 unspecified atom stereocenters.